The van der Waals surface area contributed by atoms with Crippen LogP contribution >= 0.6 is 0 Å². The lowest BCUT2D eigenvalue weighted by Crippen LogP contribution is -2.69. The van der Waals surface area contributed by atoms with Crippen LogP contribution < -0.4 is 10.6 Å². The van der Waals surface area contributed by atoms with Crippen LogP contribution in [-0.2, 0) is 19.2 Å². The number of carboxylic acids is 2. The number of rotatable bonds is 7. The molecule has 5 rings (SSSR count). The number of fused-ring (bicyclic) bond motifs is 7. The van der Waals surface area contributed by atoms with E-state index in [1.54, 1.807) is 0 Å². The molecule has 240 valence electrons. The maximum Gasteiger partial charge on any atom is 0.322 e. The van der Waals surface area contributed by atoms with Crippen molar-refractivity contribution in [2.45, 2.75) is 105 Å². The van der Waals surface area contributed by atoms with Crippen LogP contribution in [0.5, 0.6) is 0 Å². The Morgan fingerprint density at radius 2 is 1.37 bits per heavy atom. The van der Waals surface area contributed by atoms with Crippen molar-refractivity contribution in [1.82, 2.24) is 10.6 Å². The highest BCUT2D eigenvalue weighted by atomic mass is 16.4. The molecule has 5 saturated carbocycles. The number of carboxylic acid groups (broad SMARTS) is 2. The first kappa shape index (κ1) is 32.0. The second-order valence-electron chi connectivity index (χ2n) is 15.8. The van der Waals surface area contributed by atoms with Gasteiger partial charge in [0.1, 0.15) is 13.1 Å². The van der Waals surface area contributed by atoms with E-state index in [9.17, 15) is 34.5 Å². The molecule has 0 unspecified atom stereocenters. The first-order valence-corrected chi connectivity index (χ1v) is 16.3. The summed E-state index contributed by atoms with van der Waals surface area (Å²) >= 11 is 0. The molecule has 9 nitrogen and oxygen atoms in total. The van der Waals surface area contributed by atoms with E-state index >= 15 is 0 Å². The minimum atomic E-state index is -1.10. The van der Waals surface area contributed by atoms with E-state index in [1.165, 1.54) is 0 Å². The highest BCUT2D eigenvalue weighted by Crippen LogP contribution is 2.77. The van der Waals surface area contributed by atoms with Gasteiger partial charge in [-0.3, -0.25) is 19.2 Å². The summed E-state index contributed by atoms with van der Waals surface area (Å²) in [4.78, 5) is 50.0. The summed E-state index contributed by atoms with van der Waals surface area (Å²) in [6.07, 6.45) is 7.39. The average Bonchev–Trinajstić information content (AvgIpc) is 3.34. The monoisotopic (exact) mass is 600 g/mol. The van der Waals surface area contributed by atoms with Crippen LogP contribution in [-0.4, -0.2) is 58.3 Å². The maximum atomic E-state index is 13.8. The molecule has 0 aliphatic heterocycles. The van der Waals surface area contributed by atoms with Gasteiger partial charge in [0.15, 0.2) is 0 Å². The van der Waals surface area contributed by atoms with Gasteiger partial charge in [0.05, 0.1) is 16.9 Å². The van der Waals surface area contributed by atoms with E-state index < -0.39 is 35.4 Å². The molecule has 2 amide bonds. The van der Waals surface area contributed by atoms with Crippen molar-refractivity contribution in [3.8, 4) is 0 Å². The number of hydrogen-bond donors (Lipinski definition) is 5. The Hall–Kier alpha value is -2.42. The van der Waals surface area contributed by atoms with Crippen molar-refractivity contribution >= 4 is 23.8 Å². The Kier molecular flexibility index (Phi) is 7.88. The molecule has 11 atom stereocenters. The third-order valence-corrected chi connectivity index (χ3v) is 14.4. The molecule has 0 aromatic heterocycles. The van der Waals surface area contributed by atoms with Crippen LogP contribution in [0.2, 0.25) is 0 Å². The van der Waals surface area contributed by atoms with Gasteiger partial charge < -0.3 is 26.0 Å². The van der Waals surface area contributed by atoms with E-state index in [4.69, 9.17) is 0 Å². The molecule has 0 aromatic rings. The standard InChI is InChI=1S/C34H52N2O7/c1-19(2)20-9-14-34(29(43)36-18-26(40)41)16-15-31(4)21(27(20)34)7-8-22-30(3)12-11-24(37)33(6,28(42)35-17-25(38)39)23(30)10-13-32(22,31)5/h20-24,27,37H,1,7-18H2,2-6H3,(H,35,42)(H,36,43)(H,38,39)(H,40,41)/t20-,21+,22+,23+,24+,27+,30+,31+,32+,33-,34-/m0/s1. The lowest BCUT2D eigenvalue weighted by atomic mass is 9.32. The van der Waals surface area contributed by atoms with Gasteiger partial charge in [-0.2, -0.15) is 0 Å². The predicted octanol–water partition coefficient (Wildman–Crippen LogP) is 4.39. The third-order valence-electron chi connectivity index (χ3n) is 14.4. The minimum Gasteiger partial charge on any atom is -0.480 e. The van der Waals surface area contributed by atoms with Crippen LogP contribution in [0.3, 0.4) is 0 Å². The van der Waals surface area contributed by atoms with Gasteiger partial charge in [-0.25, -0.2) is 0 Å². The maximum absolute atomic E-state index is 13.8. The van der Waals surface area contributed by atoms with E-state index in [1.807, 2.05) is 6.92 Å². The average molecular weight is 601 g/mol. The minimum absolute atomic E-state index is 0.0478. The largest absolute Gasteiger partial charge is 0.480 e. The van der Waals surface area contributed by atoms with Crippen molar-refractivity contribution in [2.75, 3.05) is 13.1 Å². The van der Waals surface area contributed by atoms with Gasteiger partial charge >= 0.3 is 11.9 Å². The Labute approximate surface area is 255 Å². The Morgan fingerprint density at radius 3 is 1.98 bits per heavy atom. The van der Waals surface area contributed by atoms with Crippen molar-refractivity contribution < 1.29 is 34.5 Å². The second-order valence-corrected chi connectivity index (χ2v) is 15.8. The zero-order valence-electron chi connectivity index (χ0n) is 26.6. The molecular formula is C34H52N2O7. The number of amides is 2. The Bertz CT molecular complexity index is 1220. The predicted molar refractivity (Wildman–Crippen MR) is 161 cm³/mol. The zero-order chi connectivity index (χ0) is 31.8. The number of aliphatic hydroxyl groups excluding tert-OH is 1. The molecule has 0 heterocycles. The lowest BCUT2D eigenvalue weighted by Gasteiger charge is -2.72. The fourth-order valence-electron chi connectivity index (χ4n) is 12.2. The molecule has 5 fully saturated rings. The summed E-state index contributed by atoms with van der Waals surface area (Å²) in [5.41, 5.74) is -0.846. The van der Waals surface area contributed by atoms with Gasteiger partial charge in [0, 0.05) is 0 Å². The smallest absolute Gasteiger partial charge is 0.322 e. The van der Waals surface area contributed by atoms with Crippen LogP contribution in [0.25, 0.3) is 0 Å². The molecule has 0 bridgehead atoms. The Balaban J connectivity index is 1.50. The molecule has 5 N–H and O–H groups in total. The molecular weight excluding hydrogens is 548 g/mol. The Morgan fingerprint density at radius 1 is 0.744 bits per heavy atom. The lowest BCUT2D eigenvalue weighted by molar-refractivity contribution is -0.246. The first-order valence-electron chi connectivity index (χ1n) is 16.3. The van der Waals surface area contributed by atoms with Crippen molar-refractivity contribution in [1.29, 1.82) is 0 Å². The summed E-state index contributed by atoms with van der Waals surface area (Å²) < 4.78 is 0. The molecule has 5 aliphatic carbocycles. The quantitative estimate of drug-likeness (QED) is 0.272. The van der Waals surface area contributed by atoms with Gasteiger partial charge in [0.2, 0.25) is 11.8 Å². The fraction of sp³-hybridized carbons (Fsp3) is 0.824. The van der Waals surface area contributed by atoms with Gasteiger partial charge in [0.25, 0.3) is 0 Å². The summed E-state index contributed by atoms with van der Waals surface area (Å²) in [6, 6.07) is 0. The van der Waals surface area contributed by atoms with Crippen molar-refractivity contribution in [2.24, 2.45) is 56.7 Å². The molecule has 0 radical (unpaired) electrons. The fourth-order valence-corrected chi connectivity index (χ4v) is 12.2. The number of carbonyl (C=O) groups is 4. The van der Waals surface area contributed by atoms with Crippen LogP contribution in [0.1, 0.15) is 98.8 Å². The summed E-state index contributed by atoms with van der Waals surface area (Å²) in [5, 5.41) is 35.1. The molecule has 43 heavy (non-hydrogen) atoms. The normalized spacial score (nSPS) is 46.7. The van der Waals surface area contributed by atoms with E-state index in [-0.39, 0.29) is 52.4 Å². The second kappa shape index (κ2) is 10.6. The summed E-state index contributed by atoms with van der Waals surface area (Å²) in [7, 11) is 0. The molecule has 0 saturated heterocycles. The number of aliphatic carboxylic acids is 2. The molecule has 5 aliphatic rings. The SMILES string of the molecule is C=C(C)[C@@H]1CC[C@]2(C(=O)NCC(=O)O)CC[C@]3(C)[C@H](CC[C@@H]4[C@@]5(C)CC[C@@H](O)[C@@](C)(C(=O)NCC(=O)O)[C@@H]5CC[C@]43C)[C@@H]12. The van der Waals surface area contributed by atoms with Crippen LogP contribution in [0.15, 0.2) is 12.2 Å². The van der Waals surface area contributed by atoms with Crippen molar-refractivity contribution in [3.63, 3.8) is 0 Å². The number of allylic oxidation sites excluding steroid dienone is 1. The summed E-state index contributed by atoms with van der Waals surface area (Å²) in [5.74, 6) is -1.74. The molecule has 0 spiro atoms. The van der Waals surface area contributed by atoms with Gasteiger partial charge in [-0.15, -0.1) is 0 Å². The number of hydrogen-bond acceptors (Lipinski definition) is 5. The van der Waals surface area contributed by atoms with Crippen LogP contribution in [0.4, 0.5) is 0 Å². The summed E-state index contributed by atoms with van der Waals surface area (Å²) in [6.45, 7) is 14.7. The number of nitrogens with one attached hydrogen (secondary N) is 2. The van der Waals surface area contributed by atoms with E-state index in [2.05, 4.69) is 44.9 Å². The number of aliphatic hydroxyl groups is 1. The van der Waals surface area contributed by atoms with E-state index in [0.29, 0.717) is 18.3 Å². The van der Waals surface area contributed by atoms with Crippen LogP contribution in [0, 0.1) is 56.7 Å². The first-order chi connectivity index (χ1) is 20.0. The van der Waals surface area contributed by atoms with E-state index in [0.717, 1.165) is 63.4 Å². The highest BCUT2D eigenvalue weighted by Gasteiger charge is 2.72. The molecule has 0 aromatic carbocycles. The topological polar surface area (TPSA) is 153 Å². The van der Waals surface area contributed by atoms with Gasteiger partial charge in [-0.05, 0) is 124 Å². The zero-order valence-corrected chi connectivity index (χ0v) is 26.6. The number of carbonyl (C=O) groups excluding carboxylic acids is 2. The van der Waals surface area contributed by atoms with Gasteiger partial charge in [-0.1, -0.05) is 32.9 Å². The third kappa shape index (κ3) is 4.41. The molecule has 9 heteroatoms. The highest BCUT2D eigenvalue weighted by molar-refractivity contribution is 5.87. The van der Waals surface area contributed by atoms with Crippen molar-refractivity contribution in [3.05, 3.63) is 12.2 Å².